The molecule has 1 heterocycles. The number of nitrogens with zero attached hydrogens (tertiary/aromatic N) is 3. The van der Waals surface area contributed by atoms with Crippen LogP contribution in [0.4, 0.5) is 10.8 Å². The predicted molar refractivity (Wildman–Crippen MR) is 121 cm³/mol. The molecule has 0 saturated carbocycles. The lowest BCUT2D eigenvalue weighted by atomic mass is 10.0. The minimum atomic E-state index is -0.420. The van der Waals surface area contributed by atoms with E-state index >= 15 is 0 Å². The molecule has 4 rings (SSSR count). The smallest absolute Gasteiger partial charge is 0.269 e. The van der Waals surface area contributed by atoms with Gasteiger partial charge in [0.25, 0.3) is 5.69 Å². The van der Waals surface area contributed by atoms with Crippen molar-refractivity contribution in [2.45, 2.75) is 6.92 Å². The zero-order valence-electron chi connectivity index (χ0n) is 16.1. The molecular weight excluding hydrogens is 400 g/mol. The molecule has 150 valence electrons. The maximum Gasteiger partial charge on any atom is 0.269 e. The molecule has 0 spiro atoms. The van der Waals surface area contributed by atoms with Crippen molar-refractivity contribution < 1.29 is 9.66 Å². The SMILES string of the molecule is CCOc1ccc2ccccc2c1/C=N/Nc1nc(-c2ccc([N+](=O)[O-])cc2)cs1. The Labute approximate surface area is 176 Å². The van der Waals surface area contributed by atoms with Crippen molar-refractivity contribution >= 4 is 39.1 Å². The number of hydrogen-bond donors (Lipinski definition) is 1. The normalized spacial score (nSPS) is 11.1. The minimum Gasteiger partial charge on any atom is -0.493 e. The number of nitro benzene ring substituents is 1. The molecule has 0 aliphatic carbocycles. The summed E-state index contributed by atoms with van der Waals surface area (Å²) < 4.78 is 5.76. The number of aromatic nitrogens is 1. The number of thiazole rings is 1. The van der Waals surface area contributed by atoms with E-state index in [1.54, 1.807) is 18.3 Å². The van der Waals surface area contributed by atoms with Crippen molar-refractivity contribution in [1.29, 1.82) is 0 Å². The fourth-order valence-electron chi connectivity index (χ4n) is 3.05. The highest BCUT2D eigenvalue weighted by Gasteiger charge is 2.09. The molecule has 1 aromatic heterocycles. The molecule has 0 amide bonds. The van der Waals surface area contributed by atoms with Gasteiger partial charge in [0.1, 0.15) is 5.75 Å². The van der Waals surface area contributed by atoms with Crippen LogP contribution >= 0.6 is 11.3 Å². The summed E-state index contributed by atoms with van der Waals surface area (Å²) in [6, 6.07) is 18.4. The number of anilines is 1. The van der Waals surface area contributed by atoms with Gasteiger partial charge in [-0.25, -0.2) is 4.98 Å². The minimum absolute atomic E-state index is 0.0529. The number of nitrogens with one attached hydrogen (secondary N) is 1. The molecule has 8 heteroatoms. The lowest BCUT2D eigenvalue weighted by Gasteiger charge is -2.10. The molecule has 0 unspecified atom stereocenters. The molecule has 7 nitrogen and oxygen atoms in total. The van der Waals surface area contributed by atoms with E-state index in [1.165, 1.54) is 23.5 Å². The fraction of sp³-hybridized carbons (Fsp3) is 0.0909. The molecule has 0 atom stereocenters. The Morgan fingerprint density at radius 1 is 1.17 bits per heavy atom. The van der Waals surface area contributed by atoms with Crippen molar-refractivity contribution in [1.82, 2.24) is 4.98 Å². The van der Waals surface area contributed by atoms with Crippen molar-refractivity contribution in [2.75, 3.05) is 12.0 Å². The first-order valence-electron chi connectivity index (χ1n) is 9.29. The van der Waals surface area contributed by atoms with Gasteiger partial charge in [-0.05, 0) is 35.9 Å². The average molecular weight is 418 g/mol. The number of ether oxygens (including phenoxy) is 1. The summed E-state index contributed by atoms with van der Waals surface area (Å²) in [5.74, 6) is 0.771. The van der Waals surface area contributed by atoms with Crippen molar-refractivity contribution in [3.8, 4) is 17.0 Å². The van der Waals surface area contributed by atoms with E-state index in [-0.39, 0.29) is 5.69 Å². The number of non-ortho nitro benzene ring substituents is 1. The van der Waals surface area contributed by atoms with Crippen LogP contribution in [0, 0.1) is 10.1 Å². The molecular formula is C22H18N4O3S. The van der Waals surface area contributed by atoms with Gasteiger partial charge in [-0.15, -0.1) is 11.3 Å². The number of benzene rings is 3. The van der Waals surface area contributed by atoms with Crippen molar-refractivity contribution in [3.63, 3.8) is 0 Å². The zero-order valence-corrected chi connectivity index (χ0v) is 16.9. The molecule has 0 saturated heterocycles. The lowest BCUT2D eigenvalue weighted by Crippen LogP contribution is -1.98. The maximum absolute atomic E-state index is 10.8. The van der Waals surface area contributed by atoms with Crippen LogP contribution in [-0.2, 0) is 0 Å². The number of hydrazone groups is 1. The van der Waals surface area contributed by atoms with E-state index in [0.29, 0.717) is 11.7 Å². The highest BCUT2D eigenvalue weighted by molar-refractivity contribution is 7.14. The van der Waals surface area contributed by atoms with Gasteiger partial charge in [0.15, 0.2) is 0 Å². The van der Waals surface area contributed by atoms with Crippen LogP contribution in [0.3, 0.4) is 0 Å². The van der Waals surface area contributed by atoms with Crippen LogP contribution in [0.25, 0.3) is 22.0 Å². The summed E-state index contributed by atoms with van der Waals surface area (Å²) in [4.78, 5) is 14.9. The molecule has 1 N–H and O–H groups in total. The van der Waals surface area contributed by atoms with Gasteiger partial charge in [0.05, 0.1) is 23.4 Å². The summed E-state index contributed by atoms with van der Waals surface area (Å²) in [5, 5.41) is 19.8. The number of hydrogen-bond acceptors (Lipinski definition) is 7. The average Bonchev–Trinajstić information content (AvgIpc) is 3.24. The molecule has 0 bridgehead atoms. The van der Waals surface area contributed by atoms with E-state index < -0.39 is 4.92 Å². The molecule has 3 aromatic carbocycles. The highest BCUT2D eigenvalue weighted by atomic mass is 32.1. The van der Waals surface area contributed by atoms with E-state index in [0.717, 1.165) is 33.3 Å². The standard InChI is InChI=1S/C22H18N4O3S/c1-2-29-21-12-9-15-5-3-4-6-18(15)19(21)13-23-25-22-24-20(14-30-22)16-7-10-17(11-8-16)26(27)28/h3-14H,2H2,1H3,(H,24,25)/b23-13+. The highest BCUT2D eigenvalue weighted by Crippen LogP contribution is 2.28. The van der Waals surface area contributed by atoms with Gasteiger partial charge in [0.2, 0.25) is 5.13 Å². The Morgan fingerprint density at radius 2 is 1.97 bits per heavy atom. The number of fused-ring (bicyclic) bond motifs is 1. The molecule has 0 aliphatic heterocycles. The Kier molecular flexibility index (Phi) is 5.67. The Morgan fingerprint density at radius 3 is 2.73 bits per heavy atom. The van der Waals surface area contributed by atoms with Crippen molar-refractivity contribution in [2.24, 2.45) is 5.10 Å². The van der Waals surface area contributed by atoms with E-state index in [2.05, 4.69) is 15.5 Å². The number of rotatable bonds is 7. The summed E-state index contributed by atoms with van der Waals surface area (Å²) in [7, 11) is 0. The van der Waals surface area contributed by atoms with Crippen LogP contribution < -0.4 is 10.2 Å². The molecule has 0 fully saturated rings. The topological polar surface area (TPSA) is 89.7 Å². The van der Waals surface area contributed by atoms with Crippen LogP contribution in [0.1, 0.15) is 12.5 Å². The van der Waals surface area contributed by atoms with Gasteiger partial charge in [-0.3, -0.25) is 15.5 Å². The second kappa shape index (κ2) is 8.71. The van der Waals surface area contributed by atoms with Gasteiger partial charge in [0, 0.05) is 28.6 Å². The Bertz CT molecular complexity index is 1220. The number of nitro groups is 1. The van der Waals surface area contributed by atoms with Gasteiger partial charge in [-0.2, -0.15) is 5.10 Å². The fourth-order valence-corrected chi connectivity index (χ4v) is 3.72. The van der Waals surface area contributed by atoms with Crippen LogP contribution in [-0.4, -0.2) is 22.7 Å². The first-order valence-corrected chi connectivity index (χ1v) is 10.2. The van der Waals surface area contributed by atoms with E-state index in [1.807, 2.05) is 48.7 Å². The molecule has 30 heavy (non-hydrogen) atoms. The molecule has 4 aromatic rings. The summed E-state index contributed by atoms with van der Waals surface area (Å²) in [5.41, 5.74) is 5.45. The molecule has 0 radical (unpaired) electrons. The second-order valence-corrected chi connectivity index (χ2v) is 7.20. The van der Waals surface area contributed by atoms with Crippen LogP contribution in [0.15, 0.2) is 71.1 Å². The lowest BCUT2D eigenvalue weighted by molar-refractivity contribution is -0.384. The Balaban J connectivity index is 1.54. The quantitative estimate of drug-likeness (QED) is 0.236. The van der Waals surface area contributed by atoms with Gasteiger partial charge in [-0.1, -0.05) is 30.3 Å². The zero-order chi connectivity index (χ0) is 20.9. The summed E-state index contributed by atoms with van der Waals surface area (Å²) >= 11 is 1.41. The largest absolute Gasteiger partial charge is 0.493 e. The van der Waals surface area contributed by atoms with E-state index in [9.17, 15) is 10.1 Å². The van der Waals surface area contributed by atoms with Gasteiger partial charge >= 0.3 is 0 Å². The first kappa shape index (κ1) is 19.5. The Hall–Kier alpha value is -3.78. The van der Waals surface area contributed by atoms with Crippen LogP contribution in [0.2, 0.25) is 0 Å². The summed E-state index contributed by atoms with van der Waals surface area (Å²) in [6.45, 7) is 2.52. The monoisotopic (exact) mass is 418 g/mol. The van der Waals surface area contributed by atoms with E-state index in [4.69, 9.17) is 4.74 Å². The third-order valence-electron chi connectivity index (χ3n) is 4.46. The third-order valence-corrected chi connectivity index (χ3v) is 5.21. The first-order chi connectivity index (χ1) is 14.7. The second-order valence-electron chi connectivity index (χ2n) is 6.34. The van der Waals surface area contributed by atoms with Crippen molar-refractivity contribution in [3.05, 3.63) is 81.7 Å². The third kappa shape index (κ3) is 4.13. The maximum atomic E-state index is 10.8. The van der Waals surface area contributed by atoms with Crippen LogP contribution in [0.5, 0.6) is 5.75 Å². The predicted octanol–water partition coefficient (Wildman–Crippen LogP) is 5.72. The molecule has 0 aliphatic rings. The summed E-state index contributed by atoms with van der Waals surface area (Å²) in [6.07, 6.45) is 1.74. The van der Waals surface area contributed by atoms with Gasteiger partial charge < -0.3 is 4.74 Å².